The van der Waals surface area contributed by atoms with Crippen LogP contribution in [0.25, 0.3) is 0 Å². The second-order valence-corrected chi connectivity index (χ2v) is 3.51. The van der Waals surface area contributed by atoms with Crippen LogP contribution in [0.2, 0.25) is 0 Å². The molecule has 0 aromatic heterocycles. The van der Waals surface area contributed by atoms with E-state index in [1.165, 1.54) is 6.07 Å². The predicted octanol–water partition coefficient (Wildman–Crippen LogP) is 3.28. The van der Waals surface area contributed by atoms with Crippen molar-refractivity contribution in [2.45, 2.75) is 11.8 Å². The zero-order valence-electron chi connectivity index (χ0n) is 5.64. The molecule has 54 valence electrons. The minimum Gasteiger partial charge on any atom is -0.207 e. The van der Waals surface area contributed by atoms with Gasteiger partial charge in [-0.25, -0.2) is 4.39 Å². The highest BCUT2D eigenvalue weighted by Crippen LogP contribution is 2.23. The van der Waals surface area contributed by atoms with Gasteiger partial charge in [-0.2, -0.15) is 0 Å². The zero-order valence-corrected chi connectivity index (χ0v) is 7.23. The van der Waals surface area contributed by atoms with Gasteiger partial charge in [-0.05, 0) is 13.0 Å². The van der Waals surface area contributed by atoms with E-state index >= 15 is 0 Å². The lowest BCUT2D eigenvalue weighted by molar-refractivity contribution is 0.612. The van der Waals surface area contributed by atoms with E-state index in [1.807, 2.05) is 13.0 Å². The summed E-state index contributed by atoms with van der Waals surface area (Å²) in [5, 5.41) is 0. The minimum absolute atomic E-state index is 0.0914. The van der Waals surface area contributed by atoms with Crippen molar-refractivity contribution in [3.05, 3.63) is 35.6 Å². The Morgan fingerprint density at radius 1 is 1.40 bits per heavy atom. The van der Waals surface area contributed by atoms with Crippen LogP contribution in [-0.2, 0) is 0 Å². The van der Waals surface area contributed by atoms with Gasteiger partial charge in [0.1, 0.15) is 5.82 Å². The molecule has 0 aliphatic rings. The Balaban J connectivity index is 3.03. The Kier molecular flexibility index (Phi) is 2.44. The first kappa shape index (κ1) is 7.73. The van der Waals surface area contributed by atoms with Crippen molar-refractivity contribution in [2.75, 3.05) is 0 Å². The lowest BCUT2D eigenvalue weighted by Crippen LogP contribution is -1.87. The van der Waals surface area contributed by atoms with Crippen molar-refractivity contribution in [1.82, 2.24) is 0 Å². The Morgan fingerprint density at radius 2 is 2.00 bits per heavy atom. The molecule has 0 saturated carbocycles. The SMILES string of the molecule is CC(Br)c1ccccc1F. The number of benzene rings is 1. The molecule has 1 aromatic carbocycles. The van der Waals surface area contributed by atoms with Crippen molar-refractivity contribution < 1.29 is 4.39 Å². The number of hydrogen-bond donors (Lipinski definition) is 0. The van der Waals surface area contributed by atoms with Crippen LogP contribution in [-0.4, -0.2) is 0 Å². The van der Waals surface area contributed by atoms with E-state index in [-0.39, 0.29) is 10.6 Å². The predicted molar refractivity (Wildman–Crippen MR) is 43.7 cm³/mol. The van der Waals surface area contributed by atoms with E-state index in [1.54, 1.807) is 12.1 Å². The highest BCUT2D eigenvalue weighted by Gasteiger charge is 2.04. The third-order valence-electron chi connectivity index (χ3n) is 1.33. The third-order valence-corrected chi connectivity index (χ3v) is 1.83. The van der Waals surface area contributed by atoms with E-state index in [0.29, 0.717) is 5.56 Å². The lowest BCUT2D eigenvalue weighted by Gasteiger charge is -2.02. The maximum atomic E-state index is 12.8. The van der Waals surface area contributed by atoms with Crippen LogP contribution in [0, 0.1) is 5.82 Å². The number of rotatable bonds is 1. The average Bonchev–Trinajstić information content (AvgIpc) is 1.88. The highest BCUT2D eigenvalue weighted by molar-refractivity contribution is 9.09. The first-order valence-electron chi connectivity index (χ1n) is 3.10. The molecule has 0 aliphatic carbocycles. The van der Waals surface area contributed by atoms with Crippen LogP contribution in [0.1, 0.15) is 17.3 Å². The van der Waals surface area contributed by atoms with E-state index in [4.69, 9.17) is 0 Å². The van der Waals surface area contributed by atoms with Crippen molar-refractivity contribution in [3.8, 4) is 0 Å². The standard InChI is InChI=1S/C8H8BrF/c1-6(9)7-4-2-3-5-8(7)10/h2-6H,1H3. The van der Waals surface area contributed by atoms with Crippen LogP contribution in [0.5, 0.6) is 0 Å². The fourth-order valence-corrected chi connectivity index (χ4v) is 1.17. The molecule has 0 bridgehead atoms. The summed E-state index contributed by atoms with van der Waals surface area (Å²) in [6.45, 7) is 1.90. The van der Waals surface area contributed by atoms with E-state index < -0.39 is 0 Å². The van der Waals surface area contributed by atoms with E-state index in [2.05, 4.69) is 15.9 Å². The Hall–Kier alpha value is -0.370. The summed E-state index contributed by atoms with van der Waals surface area (Å²) in [5.74, 6) is -0.146. The molecule has 1 rings (SSSR count). The molecule has 1 aromatic rings. The summed E-state index contributed by atoms with van der Waals surface area (Å²) < 4.78 is 12.8. The molecule has 0 radical (unpaired) electrons. The molecule has 1 atom stereocenters. The second-order valence-electron chi connectivity index (χ2n) is 2.14. The van der Waals surface area contributed by atoms with Gasteiger partial charge >= 0.3 is 0 Å². The molecule has 0 aliphatic heterocycles. The van der Waals surface area contributed by atoms with Gasteiger partial charge in [0.25, 0.3) is 0 Å². The highest BCUT2D eigenvalue weighted by atomic mass is 79.9. The molecule has 1 unspecified atom stereocenters. The van der Waals surface area contributed by atoms with Gasteiger partial charge in [0.15, 0.2) is 0 Å². The molecule has 0 saturated heterocycles. The summed E-state index contributed by atoms with van der Waals surface area (Å²) in [6, 6.07) is 6.76. The van der Waals surface area contributed by atoms with Crippen LogP contribution in [0.4, 0.5) is 4.39 Å². The lowest BCUT2D eigenvalue weighted by atomic mass is 10.2. The summed E-state index contributed by atoms with van der Waals surface area (Å²) in [4.78, 5) is 0.0914. The smallest absolute Gasteiger partial charge is 0.127 e. The van der Waals surface area contributed by atoms with E-state index in [0.717, 1.165) is 0 Å². The van der Waals surface area contributed by atoms with Gasteiger partial charge in [-0.3, -0.25) is 0 Å². The largest absolute Gasteiger partial charge is 0.207 e. The molecule has 0 nitrogen and oxygen atoms in total. The summed E-state index contributed by atoms with van der Waals surface area (Å²) in [6.07, 6.45) is 0. The molecule has 0 fully saturated rings. The third kappa shape index (κ3) is 1.57. The number of alkyl halides is 1. The van der Waals surface area contributed by atoms with Crippen molar-refractivity contribution in [1.29, 1.82) is 0 Å². The normalized spacial score (nSPS) is 13.1. The molecule has 0 amide bonds. The van der Waals surface area contributed by atoms with Gasteiger partial charge in [0.05, 0.1) is 0 Å². The molecular formula is C8H8BrF. The van der Waals surface area contributed by atoms with Gasteiger partial charge in [0, 0.05) is 10.4 Å². The van der Waals surface area contributed by atoms with Crippen LogP contribution < -0.4 is 0 Å². The monoisotopic (exact) mass is 202 g/mol. The molecule has 2 heteroatoms. The molecule has 0 N–H and O–H groups in total. The topological polar surface area (TPSA) is 0 Å². The fourth-order valence-electron chi connectivity index (χ4n) is 0.798. The maximum Gasteiger partial charge on any atom is 0.127 e. The molecule has 0 heterocycles. The summed E-state index contributed by atoms with van der Waals surface area (Å²) in [7, 11) is 0. The summed E-state index contributed by atoms with van der Waals surface area (Å²) >= 11 is 3.29. The molecular weight excluding hydrogens is 195 g/mol. The Morgan fingerprint density at radius 3 is 2.40 bits per heavy atom. The van der Waals surface area contributed by atoms with Gasteiger partial charge in [-0.1, -0.05) is 34.1 Å². The Bertz CT molecular complexity index is 220. The van der Waals surface area contributed by atoms with Crippen LogP contribution in [0.3, 0.4) is 0 Å². The van der Waals surface area contributed by atoms with Gasteiger partial charge < -0.3 is 0 Å². The van der Waals surface area contributed by atoms with Crippen molar-refractivity contribution in [3.63, 3.8) is 0 Å². The van der Waals surface area contributed by atoms with Gasteiger partial charge in [0.2, 0.25) is 0 Å². The van der Waals surface area contributed by atoms with Gasteiger partial charge in [-0.15, -0.1) is 0 Å². The molecule has 0 spiro atoms. The number of hydrogen-bond acceptors (Lipinski definition) is 0. The van der Waals surface area contributed by atoms with Crippen LogP contribution in [0.15, 0.2) is 24.3 Å². The fraction of sp³-hybridized carbons (Fsp3) is 0.250. The minimum atomic E-state index is -0.146. The van der Waals surface area contributed by atoms with Crippen LogP contribution >= 0.6 is 15.9 Å². The first-order chi connectivity index (χ1) is 4.72. The van der Waals surface area contributed by atoms with E-state index in [9.17, 15) is 4.39 Å². The Labute approximate surface area is 68.2 Å². The maximum absolute atomic E-state index is 12.8. The average molecular weight is 203 g/mol. The van der Waals surface area contributed by atoms with Crippen molar-refractivity contribution in [2.24, 2.45) is 0 Å². The van der Waals surface area contributed by atoms with Crippen molar-refractivity contribution >= 4 is 15.9 Å². The molecule has 10 heavy (non-hydrogen) atoms. The summed E-state index contributed by atoms with van der Waals surface area (Å²) in [5.41, 5.74) is 0.711. The zero-order chi connectivity index (χ0) is 7.56. The quantitative estimate of drug-likeness (QED) is 0.614. The second kappa shape index (κ2) is 3.15. The number of halogens is 2. The first-order valence-corrected chi connectivity index (χ1v) is 4.02.